The Kier molecular flexibility index (Phi) is 3.05. The molecule has 0 aliphatic carbocycles. The molecule has 0 saturated carbocycles. The smallest absolute Gasteiger partial charge is 0.248 e. The number of aromatic nitrogens is 1. The Bertz CT molecular complexity index is 304. The fraction of sp³-hybridized carbons (Fsp3) is 0.444. The third-order valence-corrected chi connectivity index (χ3v) is 1.51. The van der Waals surface area contributed by atoms with E-state index >= 15 is 0 Å². The molecule has 3 nitrogen and oxygen atoms in total. The van der Waals surface area contributed by atoms with E-state index in [1.165, 1.54) is 0 Å². The number of hydrogen-bond acceptors (Lipinski definition) is 2. The molecule has 0 bridgehead atoms. The van der Waals surface area contributed by atoms with Gasteiger partial charge in [-0.2, -0.15) is 0 Å². The van der Waals surface area contributed by atoms with Crippen LogP contribution in [0.3, 0.4) is 0 Å². The minimum Gasteiger partial charge on any atom is -0.377 e. The van der Waals surface area contributed by atoms with E-state index in [1.807, 2.05) is 19.9 Å². The lowest BCUT2D eigenvalue weighted by Gasteiger charge is -2.01. The first-order chi connectivity index (χ1) is 5.72. The number of pyridine rings is 1. The number of rotatable bonds is 3. The van der Waals surface area contributed by atoms with Crippen LogP contribution in [-0.2, 0) is 11.3 Å². The molecule has 1 N–H and O–H groups in total. The number of H-pyrrole nitrogens is 1. The summed E-state index contributed by atoms with van der Waals surface area (Å²) in [6, 6.07) is 3.47. The molecule has 1 heterocycles. The van der Waals surface area contributed by atoms with Crippen molar-refractivity contribution in [3.8, 4) is 0 Å². The summed E-state index contributed by atoms with van der Waals surface area (Å²) in [5.41, 5.74) is 1.74. The van der Waals surface area contributed by atoms with Gasteiger partial charge in [-0.25, -0.2) is 0 Å². The van der Waals surface area contributed by atoms with Crippen molar-refractivity contribution in [2.75, 3.05) is 6.61 Å². The molecule has 12 heavy (non-hydrogen) atoms. The van der Waals surface area contributed by atoms with Crippen LogP contribution in [0.4, 0.5) is 0 Å². The Morgan fingerprint density at radius 1 is 1.50 bits per heavy atom. The van der Waals surface area contributed by atoms with Gasteiger partial charge >= 0.3 is 0 Å². The number of ether oxygens (including phenoxy) is 1. The molecule has 0 aliphatic rings. The topological polar surface area (TPSA) is 42.1 Å². The van der Waals surface area contributed by atoms with E-state index in [0.29, 0.717) is 13.2 Å². The van der Waals surface area contributed by atoms with Crippen molar-refractivity contribution in [3.63, 3.8) is 0 Å². The van der Waals surface area contributed by atoms with Crippen LogP contribution in [0.15, 0.2) is 16.9 Å². The van der Waals surface area contributed by atoms with Crippen LogP contribution in [0.1, 0.15) is 18.2 Å². The average molecular weight is 167 g/mol. The molecule has 0 fully saturated rings. The Morgan fingerprint density at radius 3 is 2.83 bits per heavy atom. The highest BCUT2D eigenvalue weighted by Gasteiger charge is 1.94. The first-order valence-corrected chi connectivity index (χ1v) is 4.00. The monoisotopic (exact) mass is 167 g/mol. The number of nitrogens with one attached hydrogen (secondary N) is 1. The van der Waals surface area contributed by atoms with Crippen molar-refractivity contribution < 1.29 is 4.74 Å². The summed E-state index contributed by atoms with van der Waals surface area (Å²) in [7, 11) is 0. The van der Waals surface area contributed by atoms with Crippen LogP contribution in [0.2, 0.25) is 0 Å². The van der Waals surface area contributed by atoms with Gasteiger partial charge in [-0.05, 0) is 25.5 Å². The molecule has 66 valence electrons. The third-order valence-electron chi connectivity index (χ3n) is 1.51. The summed E-state index contributed by atoms with van der Waals surface area (Å²) < 4.78 is 5.18. The van der Waals surface area contributed by atoms with Gasteiger partial charge in [0.25, 0.3) is 0 Å². The summed E-state index contributed by atoms with van der Waals surface area (Å²) in [6.45, 7) is 4.98. The highest BCUT2D eigenvalue weighted by molar-refractivity contribution is 5.14. The highest BCUT2D eigenvalue weighted by Crippen LogP contribution is 1.99. The van der Waals surface area contributed by atoms with E-state index < -0.39 is 0 Å². The van der Waals surface area contributed by atoms with Crippen molar-refractivity contribution in [3.05, 3.63) is 33.7 Å². The van der Waals surface area contributed by atoms with E-state index in [9.17, 15) is 4.79 Å². The molecule has 3 heteroatoms. The largest absolute Gasteiger partial charge is 0.377 e. The van der Waals surface area contributed by atoms with Crippen LogP contribution in [0.5, 0.6) is 0 Å². The van der Waals surface area contributed by atoms with Crippen molar-refractivity contribution in [1.82, 2.24) is 4.98 Å². The summed E-state index contributed by atoms with van der Waals surface area (Å²) in [4.78, 5) is 13.6. The second-order valence-corrected chi connectivity index (χ2v) is 2.67. The van der Waals surface area contributed by atoms with Crippen molar-refractivity contribution >= 4 is 0 Å². The highest BCUT2D eigenvalue weighted by atomic mass is 16.5. The summed E-state index contributed by atoms with van der Waals surface area (Å²) in [5.74, 6) is 0. The first kappa shape index (κ1) is 9.00. The molecule has 1 rings (SSSR count). The van der Waals surface area contributed by atoms with E-state index in [0.717, 1.165) is 11.3 Å². The Morgan fingerprint density at radius 2 is 2.25 bits per heavy atom. The minimum atomic E-state index is -0.0651. The lowest BCUT2D eigenvalue weighted by Crippen LogP contribution is -2.07. The van der Waals surface area contributed by atoms with Gasteiger partial charge in [-0.15, -0.1) is 0 Å². The first-order valence-electron chi connectivity index (χ1n) is 4.00. The maximum atomic E-state index is 11.0. The zero-order valence-corrected chi connectivity index (χ0v) is 7.39. The Labute approximate surface area is 71.4 Å². The maximum Gasteiger partial charge on any atom is 0.248 e. The van der Waals surface area contributed by atoms with Crippen molar-refractivity contribution in [1.29, 1.82) is 0 Å². The molecule has 0 atom stereocenters. The quantitative estimate of drug-likeness (QED) is 0.735. The summed E-state index contributed by atoms with van der Waals surface area (Å²) in [5, 5.41) is 0. The van der Waals surface area contributed by atoms with Crippen LogP contribution in [-0.4, -0.2) is 11.6 Å². The molecule has 0 spiro atoms. The van der Waals surface area contributed by atoms with Gasteiger partial charge in [0.15, 0.2) is 0 Å². The lowest BCUT2D eigenvalue weighted by atomic mass is 10.2. The van der Waals surface area contributed by atoms with Crippen LogP contribution >= 0.6 is 0 Å². The van der Waals surface area contributed by atoms with Gasteiger partial charge < -0.3 is 9.72 Å². The third kappa shape index (κ3) is 2.51. The summed E-state index contributed by atoms with van der Waals surface area (Å²) in [6.07, 6.45) is 0. The van der Waals surface area contributed by atoms with E-state index in [1.54, 1.807) is 6.07 Å². The summed E-state index contributed by atoms with van der Waals surface area (Å²) >= 11 is 0. The fourth-order valence-electron chi connectivity index (χ4n) is 1.06. The number of aryl methyl sites for hydroxylation is 1. The molecule has 0 saturated heterocycles. The van der Waals surface area contributed by atoms with E-state index in [2.05, 4.69) is 4.98 Å². The molecule has 0 aromatic carbocycles. The Balaban J connectivity index is 2.79. The van der Waals surface area contributed by atoms with Gasteiger partial charge in [0, 0.05) is 18.4 Å². The molecule has 0 radical (unpaired) electrons. The normalized spacial score (nSPS) is 10.2. The zero-order valence-electron chi connectivity index (χ0n) is 7.39. The lowest BCUT2D eigenvalue weighted by molar-refractivity contribution is 0.134. The average Bonchev–Trinajstić information content (AvgIpc) is 1.99. The fourth-order valence-corrected chi connectivity index (χ4v) is 1.06. The van der Waals surface area contributed by atoms with Gasteiger partial charge in [0.1, 0.15) is 0 Å². The second-order valence-electron chi connectivity index (χ2n) is 2.67. The molecular weight excluding hydrogens is 154 g/mol. The van der Waals surface area contributed by atoms with E-state index in [-0.39, 0.29) is 5.56 Å². The number of aromatic amines is 1. The van der Waals surface area contributed by atoms with Gasteiger partial charge in [0.05, 0.1) is 6.61 Å². The van der Waals surface area contributed by atoms with Gasteiger partial charge in [0.2, 0.25) is 5.56 Å². The number of hydrogen-bond donors (Lipinski definition) is 1. The zero-order chi connectivity index (χ0) is 8.97. The second kappa shape index (κ2) is 4.07. The molecule has 1 aromatic heterocycles. The van der Waals surface area contributed by atoms with Gasteiger partial charge in [-0.3, -0.25) is 4.79 Å². The predicted octanol–water partition coefficient (Wildman–Crippen LogP) is 1.22. The van der Waals surface area contributed by atoms with Crippen LogP contribution < -0.4 is 5.56 Å². The standard InChI is InChI=1S/C9H13NO2/c1-3-12-6-8-4-7(2)10-9(11)5-8/h4-5H,3,6H2,1-2H3,(H,10,11). The van der Waals surface area contributed by atoms with Crippen LogP contribution in [0.25, 0.3) is 0 Å². The minimum absolute atomic E-state index is 0.0651. The SMILES string of the molecule is CCOCc1cc(C)[nH]c(=O)c1. The van der Waals surface area contributed by atoms with Crippen molar-refractivity contribution in [2.45, 2.75) is 20.5 Å². The molecule has 1 aromatic rings. The Hall–Kier alpha value is -1.09. The predicted molar refractivity (Wildman–Crippen MR) is 47.1 cm³/mol. The van der Waals surface area contributed by atoms with Crippen molar-refractivity contribution in [2.24, 2.45) is 0 Å². The van der Waals surface area contributed by atoms with Gasteiger partial charge in [-0.1, -0.05) is 0 Å². The molecular formula is C9H13NO2. The molecule has 0 unspecified atom stereocenters. The van der Waals surface area contributed by atoms with E-state index in [4.69, 9.17) is 4.74 Å². The molecule has 0 amide bonds. The molecule has 0 aliphatic heterocycles. The van der Waals surface area contributed by atoms with Crippen LogP contribution in [0, 0.1) is 6.92 Å². The maximum absolute atomic E-state index is 11.0.